The summed E-state index contributed by atoms with van der Waals surface area (Å²) in [6.45, 7) is 5.09. The Morgan fingerprint density at radius 2 is 1.86 bits per heavy atom. The fraction of sp³-hybridized carbons (Fsp3) is 0.286. The maximum absolute atomic E-state index is 13.6. The van der Waals surface area contributed by atoms with Crippen LogP contribution in [-0.4, -0.2) is 38.9 Å². The molecule has 0 bridgehead atoms. The number of benzene rings is 2. The molecular formula is C28H25N5O4. The Hall–Kier alpha value is -4.40. The molecule has 1 amide bonds. The van der Waals surface area contributed by atoms with Gasteiger partial charge in [-0.25, -0.2) is 14.6 Å². The number of hydrogen-bond acceptors (Lipinski definition) is 7. The van der Waals surface area contributed by atoms with E-state index in [-0.39, 0.29) is 11.9 Å². The highest BCUT2D eigenvalue weighted by Gasteiger charge is 2.29. The van der Waals surface area contributed by atoms with Crippen LogP contribution in [0.4, 0.5) is 5.69 Å². The van der Waals surface area contributed by atoms with Crippen molar-refractivity contribution in [3.63, 3.8) is 0 Å². The number of ether oxygens (including phenoxy) is 2. The lowest BCUT2D eigenvalue weighted by atomic mass is 10.1. The molecule has 1 saturated carbocycles. The van der Waals surface area contributed by atoms with Crippen molar-refractivity contribution in [2.75, 3.05) is 18.5 Å². The first-order chi connectivity index (χ1) is 18.0. The van der Waals surface area contributed by atoms with E-state index in [1.807, 2.05) is 54.9 Å². The molecule has 4 heterocycles. The molecule has 7 rings (SSSR count). The van der Waals surface area contributed by atoms with Crippen LogP contribution in [0.25, 0.3) is 33.4 Å². The van der Waals surface area contributed by atoms with Crippen LogP contribution in [0.2, 0.25) is 0 Å². The van der Waals surface area contributed by atoms with E-state index in [1.165, 1.54) is 0 Å². The zero-order chi connectivity index (χ0) is 25.1. The van der Waals surface area contributed by atoms with Gasteiger partial charge in [0.05, 0.1) is 22.8 Å². The van der Waals surface area contributed by atoms with Crippen molar-refractivity contribution in [2.24, 2.45) is 0 Å². The Bertz CT molecular complexity index is 1680. The summed E-state index contributed by atoms with van der Waals surface area (Å²) in [6, 6.07) is 13.1. The van der Waals surface area contributed by atoms with Crippen LogP contribution in [0.5, 0.6) is 11.5 Å². The zero-order valence-electron chi connectivity index (χ0n) is 20.5. The first kappa shape index (κ1) is 21.8. The molecular weight excluding hydrogens is 470 g/mol. The van der Waals surface area contributed by atoms with Gasteiger partial charge in [-0.2, -0.15) is 5.10 Å². The lowest BCUT2D eigenvalue weighted by Gasteiger charge is -2.19. The van der Waals surface area contributed by atoms with Crippen LogP contribution < -0.4 is 14.8 Å². The fourth-order valence-electron chi connectivity index (χ4n) is 4.66. The molecule has 0 atom stereocenters. The minimum Gasteiger partial charge on any atom is -0.486 e. The SMILES string of the molecule is CC(C)n1ncc2c(C(=O)Nc3ccc4oc(C5CC5)nc4c3)cc(-c3ccc4c(c3)OCCO4)nc21. The number of rotatable bonds is 5. The molecule has 1 aliphatic heterocycles. The lowest BCUT2D eigenvalue weighted by molar-refractivity contribution is 0.102. The second kappa shape index (κ2) is 8.33. The molecule has 0 radical (unpaired) electrons. The topological polar surface area (TPSA) is 104 Å². The number of nitrogens with one attached hydrogen (secondary N) is 1. The molecule has 1 N–H and O–H groups in total. The molecule has 0 saturated heterocycles. The summed E-state index contributed by atoms with van der Waals surface area (Å²) < 4.78 is 19.1. The number of pyridine rings is 1. The van der Waals surface area contributed by atoms with Gasteiger partial charge in [0.2, 0.25) is 0 Å². The van der Waals surface area contributed by atoms with Crippen LogP contribution in [0.1, 0.15) is 54.9 Å². The molecule has 9 nitrogen and oxygen atoms in total. The van der Waals surface area contributed by atoms with Gasteiger partial charge < -0.3 is 19.2 Å². The van der Waals surface area contributed by atoms with E-state index in [1.54, 1.807) is 12.3 Å². The Labute approximate surface area is 212 Å². The van der Waals surface area contributed by atoms with E-state index >= 15 is 0 Å². The number of anilines is 1. The summed E-state index contributed by atoms with van der Waals surface area (Å²) in [5.41, 5.74) is 4.73. The Morgan fingerprint density at radius 1 is 1.03 bits per heavy atom. The van der Waals surface area contributed by atoms with E-state index in [2.05, 4.69) is 15.4 Å². The second-order valence-corrected chi connectivity index (χ2v) is 9.80. The standard InChI is InChI=1S/C28H25N5O4/c1-15(2)33-26-20(14-29-33)19(13-21(31-26)17-5-7-24-25(11-17)36-10-9-35-24)27(34)30-18-6-8-23-22(12-18)32-28(37-23)16-3-4-16/h5-8,11-16H,3-4,9-10H2,1-2H3,(H,30,34). The molecule has 0 unspecified atom stereocenters. The lowest BCUT2D eigenvalue weighted by Crippen LogP contribution is -2.15. The quantitative estimate of drug-likeness (QED) is 0.332. The Balaban J connectivity index is 1.28. The predicted octanol–water partition coefficient (Wildman–Crippen LogP) is 5.72. The van der Waals surface area contributed by atoms with Crippen molar-refractivity contribution in [2.45, 2.75) is 38.6 Å². The maximum atomic E-state index is 13.6. The largest absolute Gasteiger partial charge is 0.486 e. The second-order valence-electron chi connectivity index (χ2n) is 9.80. The molecule has 1 aliphatic carbocycles. The fourth-order valence-corrected chi connectivity index (χ4v) is 4.66. The molecule has 2 aliphatic rings. The first-order valence-electron chi connectivity index (χ1n) is 12.5. The third-order valence-electron chi connectivity index (χ3n) is 6.73. The Kier molecular flexibility index (Phi) is 4.92. The molecule has 0 spiro atoms. The number of fused-ring (bicyclic) bond motifs is 3. The van der Waals surface area contributed by atoms with E-state index < -0.39 is 0 Å². The summed E-state index contributed by atoms with van der Waals surface area (Å²) in [7, 11) is 0. The highest BCUT2D eigenvalue weighted by molar-refractivity contribution is 6.13. The summed E-state index contributed by atoms with van der Waals surface area (Å²) in [4.78, 5) is 23.1. The summed E-state index contributed by atoms with van der Waals surface area (Å²) in [6.07, 6.45) is 3.93. The van der Waals surface area contributed by atoms with Gasteiger partial charge in [0.25, 0.3) is 5.91 Å². The monoisotopic (exact) mass is 495 g/mol. The molecule has 9 heteroatoms. The van der Waals surface area contributed by atoms with Gasteiger partial charge in [-0.3, -0.25) is 4.79 Å². The van der Waals surface area contributed by atoms with Gasteiger partial charge >= 0.3 is 0 Å². The summed E-state index contributed by atoms with van der Waals surface area (Å²) >= 11 is 0. The van der Waals surface area contributed by atoms with Crippen molar-refractivity contribution in [1.82, 2.24) is 19.7 Å². The molecule has 5 aromatic rings. The summed E-state index contributed by atoms with van der Waals surface area (Å²) in [5.74, 6) is 2.32. The van der Waals surface area contributed by atoms with Crippen molar-refractivity contribution in [3.05, 3.63) is 60.1 Å². The third-order valence-corrected chi connectivity index (χ3v) is 6.73. The van der Waals surface area contributed by atoms with Gasteiger partial charge in [-0.05, 0) is 69.2 Å². The van der Waals surface area contributed by atoms with Gasteiger partial charge in [-0.1, -0.05) is 0 Å². The van der Waals surface area contributed by atoms with E-state index in [9.17, 15) is 4.79 Å². The van der Waals surface area contributed by atoms with E-state index in [4.69, 9.17) is 18.9 Å². The van der Waals surface area contributed by atoms with Crippen LogP contribution in [0.3, 0.4) is 0 Å². The van der Waals surface area contributed by atoms with Crippen molar-refractivity contribution < 1.29 is 18.7 Å². The summed E-state index contributed by atoms with van der Waals surface area (Å²) in [5, 5.41) is 8.24. The minimum absolute atomic E-state index is 0.0756. The van der Waals surface area contributed by atoms with Gasteiger partial charge in [0.15, 0.2) is 28.6 Å². The highest BCUT2D eigenvalue weighted by atomic mass is 16.6. The van der Waals surface area contributed by atoms with Gasteiger partial charge in [0, 0.05) is 23.2 Å². The average Bonchev–Trinajstić information content (AvgIpc) is 3.53. The van der Waals surface area contributed by atoms with Gasteiger partial charge in [0.1, 0.15) is 18.7 Å². The number of hydrogen-bond donors (Lipinski definition) is 1. The van der Waals surface area contributed by atoms with Crippen LogP contribution in [0.15, 0.2) is 53.1 Å². The number of amides is 1. The van der Waals surface area contributed by atoms with Crippen molar-refractivity contribution in [1.29, 1.82) is 0 Å². The molecule has 37 heavy (non-hydrogen) atoms. The van der Waals surface area contributed by atoms with Crippen LogP contribution in [0, 0.1) is 0 Å². The first-order valence-corrected chi connectivity index (χ1v) is 12.5. The number of nitrogens with zero attached hydrogens (tertiary/aromatic N) is 4. The molecule has 186 valence electrons. The van der Waals surface area contributed by atoms with Gasteiger partial charge in [-0.15, -0.1) is 0 Å². The molecule has 2 aromatic carbocycles. The van der Waals surface area contributed by atoms with Crippen LogP contribution >= 0.6 is 0 Å². The molecule has 1 fully saturated rings. The van der Waals surface area contributed by atoms with E-state index in [0.29, 0.717) is 58.6 Å². The zero-order valence-corrected chi connectivity index (χ0v) is 20.5. The van der Waals surface area contributed by atoms with Crippen molar-refractivity contribution in [3.8, 4) is 22.8 Å². The number of carbonyl (C=O) groups is 1. The number of aromatic nitrogens is 4. The van der Waals surface area contributed by atoms with E-state index in [0.717, 1.165) is 35.4 Å². The third kappa shape index (κ3) is 3.87. The van der Waals surface area contributed by atoms with Crippen molar-refractivity contribution >= 4 is 33.7 Å². The highest BCUT2D eigenvalue weighted by Crippen LogP contribution is 2.41. The number of carbonyl (C=O) groups excluding carboxylic acids is 1. The Morgan fingerprint density at radius 3 is 2.68 bits per heavy atom. The maximum Gasteiger partial charge on any atom is 0.256 e. The molecule has 3 aromatic heterocycles. The van der Waals surface area contributed by atoms with Crippen LogP contribution in [-0.2, 0) is 0 Å². The average molecular weight is 496 g/mol. The normalized spacial score (nSPS) is 15.0. The minimum atomic E-state index is -0.250. The smallest absolute Gasteiger partial charge is 0.256 e. The number of oxazole rings is 1. The predicted molar refractivity (Wildman–Crippen MR) is 138 cm³/mol.